The van der Waals surface area contributed by atoms with Gasteiger partial charge in [0.1, 0.15) is 0 Å². The summed E-state index contributed by atoms with van der Waals surface area (Å²) in [7, 11) is 0. The van der Waals surface area contributed by atoms with E-state index < -0.39 is 0 Å². The van der Waals surface area contributed by atoms with Crippen LogP contribution in [0.4, 0.5) is 28.4 Å². The van der Waals surface area contributed by atoms with Gasteiger partial charge in [-0.25, -0.2) is 0 Å². The van der Waals surface area contributed by atoms with Crippen LogP contribution in [-0.4, -0.2) is 6.85 Å². The number of benzene rings is 7. The van der Waals surface area contributed by atoms with E-state index in [9.17, 15) is 0 Å². The maximum absolute atomic E-state index is 2.82. The third-order valence-corrected chi connectivity index (χ3v) is 18.6. The smallest absolute Gasteiger partial charge is 0.333 e. The van der Waals surface area contributed by atoms with Crippen LogP contribution in [-0.2, 0) is 33.5 Å². The minimum Gasteiger partial charge on any atom is -0.376 e. The molecule has 0 bridgehead atoms. The maximum Gasteiger partial charge on any atom is 0.333 e. The van der Waals surface area contributed by atoms with Crippen LogP contribution in [0.15, 0.2) is 121 Å². The average molecular weight is 917 g/mol. The maximum atomic E-state index is 2.82. The van der Waals surface area contributed by atoms with Crippen molar-refractivity contribution in [3.63, 3.8) is 0 Å². The molecule has 0 saturated carbocycles. The second kappa shape index (κ2) is 15.4. The van der Waals surface area contributed by atoms with Crippen LogP contribution < -0.4 is 20.6 Å². The molecule has 0 aromatic heterocycles. The van der Waals surface area contributed by atoms with E-state index in [1.807, 2.05) is 0 Å². The van der Waals surface area contributed by atoms with Gasteiger partial charge < -0.3 is 9.71 Å². The Balaban J connectivity index is 1.26. The van der Waals surface area contributed by atoms with Crippen LogP contribution in [0.25, 0.3) is 33.4 Å². The largest absolute Gasteiger partial charge is 0.376 e. The van der Waals surface area contributed by atoms with Crippen molar-refractivity contribution in [2.75, 3.05) is 9.71 Å². The Morgan fingerprint density at radius 2 is 1.04 bits per heavy atom. The first-order valence-corrected chi connectivity index (χ1v) is 26.8. The van der Waals surface area contributed by atoms with Gasteiger partial charge in [-0.1, -0.05) is 155 Å². The lowest BCUT2D eigenvalue weighted by Crippen LogP contribution is -2.63. The Kier molecular flexibility index (Phi) is 9.95. The van der Waals surface area contributed by atoms with Crippen molar-refractivity contribution in [1.29, 1.82) is 0 Å². The molecule has 3 aliphatic carbocycles. The van der Waals surface area contributed by atoms with Gasteiger partial charge in [0.25, 0.3) is 0 Å². The normalized spacial score (nSPS) is 18.8. The Morgan fingerprint density at radius 1 is 0.457 bits per heavy atom. The highest BCUT2D eigenvalue weighted by atomic mass is 15.2. The van der Waals surface area contributed by atoms with Gasteiger partial charge in [0.2, 0.25) is 0 Å². The summed E-state index contributed by atoms with van der Waals surface area (Å²) in [5, 5.41) is 0. The van der Waals surface area contributed by atoms with Crippen molar-refractivity contribution >= 4 is 46.2 Å². The molecule has 0 saturated heterocycles. The van der Waals surface area contributed by atoms with E-state index in [1.54, 1.807) is 0 Å². The molecule has 0 N–H and O–H groups in total. The highest BCUT2D eigenvalue weighted by Crippen LogP contribution is 2.57. The molecule has 70 heavy (non-hydrogen) atoms. The summed E-state index contributed by atoms with van der Waals surface area (Å²) in [4.78, 5) is 5.57. The molecule has 2 nitrogen and oxygen atoms in total. The summed E-state index contributed by atoms with van der Waals surface area (Å²) >= 11 is 0. The molecule has 354 valence electrons. The number of rotatable bonds is 6. The third-order valence-electron chi connectivity index (χ3n) is 18.6. The Morgan fingerprint density at radius 3 is 1.69 bits per heavy atom. The summed E-state index contributed by atoms with van der Waals surface area (Å²) in [6.07, 6.45) is 8.21. The summed E-state index contributed by atoms with van der Waals surface area (Å²) in [5.74, 6) is 0. The summed E-state index contributed by atoms with van der Waals surface area (Å²) in [6, 6.07) is 48.8. The van der Waals surface area contributed by atoms with E-state index in [2.05, 4.69) is 221 Å². The molecular formula is C67H73BN2. The lowest BCUT2D eigenvalue weighted by molar-refractivity contribution is 0.332. The van der Waals surface area contributed by atoms with Crippen LogP contribution in [0.3, 0.4) is 0 Å². The minimum absolute atomic E-state index is 0.0441. The second-order valence-corrected chi connectivity index (χ2v) is 25.4. The van der Waals surface area contributed by atoms with Gasteiger partial charge in [-0.05, 0) is 211 Å². The molecule has 3 heteroatoms. The van der Waals surface area contributed by atoms with Crippen LogP contribution in [0.5, 0.6) is 0 Å². The van der Waals surface area contributed by atoms with Crippen molar-refractivity contribution in [2.24, 2.45) is 0 Å². The third kappa shape index (κ3) is 6.51. The molecule has 0 atom stereocenters. The Hall–Kier alpha value is -5.80. The fraction of sp³-hybridized carbons (Fsp3) is 0.373. The van der Waals surface area contributed by atoms with Gasteiger partial charge in [-0.15, -0.1) is 0 Å². The summed E-state index contributed by atoms with van der Waals surface area (Å²) in [6.45, 7) is 31.8. The predicted molar refractivity (Wildman–Crippen MR) is 302 cm³/mol. The van der Waals surface area contributed by atoms with Gasteiger partial charge in [0.05, 0.1) is 0 Å². The van der Waals surface area contributed by atoms with Crippen molar-refractivity contribution in [3.8, 4) is 33.4 Å². The van der Waals surface area contributed by atoms with Crippen LogP contribution in [0.2, 0.25) is 0 Å². The summed E-state index contributed by atoms with van der Waals surface area (Å²) in [5.41, 5.74) is 30.3. The number of nitrogens with zero attached hydrogens (tertiary/aromatic N) is 2. The van der Waals surface area contributed by atoms with Gasteiger partial charge >= 0.3 is 6.85 Å². The predicted octanol–water partition coefficient (Wildman–Crippen LogP) is 17.0. The van der Waals surface area contributed by atoms with E-state index in [0.717, 1.165) is 6.42 Å². The topological polar surface area (TPSA) is 6.48 Å². The molecule has 5 aliphatic rings. The fourth-order valence-corrected chi connectivity index (χ4v) is 14.2. The van der Waals surface area contributed by atoms with Gasteiger partial charge in [-0.3, -0.25) is 0 Å². The second-order valence-electron chi connectivity index (χ2n) is 25.4. The molecule has 0 radical (unpaired) electrons. The van der Waals surface area contributed by atoms with E-state index in [0.29, 0.717) is 0 Å². The monoisotopic (exact) mass is 917 g/mol. The van der Waals surface area contributed by atoms with Crippen molar-refractivity contribution in [1.82, 2.24) is 0 Å². The first-order valence-electron chi connectivity index (χ1n) is 26.8. The molecule has 2 heterocycles. The Bertz CT molecular complexity index is 3320. The van der Waals surface area contributed by atoms with E-state index in [-0.39, 0.29) is 33.9 Å². The highest BCUT2D eigenvalue weighted by Gasteiger charge is 2.52. The Labute approximate surface area is 420 Å². The molecule has 0 unspecified atom stereocenters. The molecule has 7 aromatic carbocycles. The zero-order valence-electron chi connectivity index (χ0n) is 44.5. The van der Waals surface area contributed by atoms with Crippen molar-refractivity contribution in [2.45, 2.75) is 162 Å². The highest BCUT2D eigenvalue weighted by molar-refractivity contribution is 6.94. The summed E-state index contributed by atoms with van der Waals surface area (Å²) < 4.78 is 0. The number of anilines is 5. The average Bonchev–Trinajstić information content (AvgIpc) is 3.57. The van der Waals surface area contributed by atoms with Crippen LogP contribution >= 0.6 is 0 Å². The minimum atomic E-state index is -0.240. The van der Waals surface area contributed by atoms with Gasteiger partial charge in [0.15, 0.2) is 0 Å². The molecule has 0 spiro atoms. The number of aryl methyl sites for hydroxylation is 3. The molecule has 12 rings (SSSR count). The van der Waals surface area contributed by atoms with Crippen molar-refractivity contribution < 1.29 is 0 Å². The van der Waals surface area contributed by atoms with E-state index >= 15 is 0 Å². The molecule has 0 amide bonds. The number of hydrogen-bond acceptors (Lipinski definition) is 2. The first-order chi connectivity index (χ1) is 33.2. The number of fused-ring (bicyclic) bond motifs is 10. The quantitative estimate of drug-likeness (QED) is 0.153. The van der Waals surface area contributed by atoms with Gasteiger partial charge in [-0.2, -0.15) is 0 Å². The standard InChI is InChI=1S/C67H73BN2/c1-14-15-21-43-25-27-45(28-26-43)70-58-40-55-53(64(6,7)32-34-66(55,10)11)38-49(58)50-36-44(46-22-17-16-20-41(46)2)37-59-61(50)68(70)62-56(30-29-48-47-23-18-19-24-51(47)67(12,13)60(48)62)69(59)57-39-54-52(35-42(57)3)63(4,5)31-33-65(54,8)9/h16-20,22-30,35-40H,14-15,21,31-34H2,1-13H3. The SMILES string of the molecule is CCCCc1ccc(N2B3c4c(cc(-c5ccccc5C)cc4N(c4cc5c(cc4C)C(C)(C)CCC5(C)C)c4ccc5c(c43)C(C)(C)c3ccccc3-5)-c3cc4c(cc32)C(C)(C)CCC4(C)C)cc1. The fourth-order valence-electron chi connectivity index (χ4n) is 14.2. The lowest BCUT2D eigenvalue weighted by atomic mass is 9.41. The molecule has 0 fully saturated rings. The van der Waals surface area contributed by atoms with E-state index in [4.69, 9.17) is 0 Å². The van der Waals surface area contributed by atoms with Crippen molar-refractivity contribution in [3.05, 3.63) is 171 Å². The van der Waals surface area contributed by atoms with E-state index in [1.165, 1.54) is 161 Å². The molecule has 2 aliphatic heterocycles. The van der Waals surface area contributed by atoms with Crippen LogP contribution in [0, 0.1) is 13.8 Å². The number of unbranched alkanes of at least 4 members (excludes halogenated alkanes) is 1. The zero-order valence-corrected chi connectivity index (χ0v) is 44.5. The zero-order chi connectivity index (χ0) is 49.0. The first kappa shape index (κ1) is 45.4. The van der Waals surface area contributed by atoms with Gasteiger partial charge in [0, 0.05) is 39.4 Å². The number of hydrogen-bond donors (Lipinski definition) is 0. The molecular weight excluding hydrogens is 844 g/mol. The lowest BCUT2D eigenvalue weighted by Gasteiger charge is -2.49. The van der Waals surface area contributed by atoms with Crippen LogP contribution in [0.1, 0.15) is 165 Å². The molecule has 7 aromatic rings.